The lowest BCUT2D eigenvalue weighted by molar-refractivity contribution is -0.126. The predicted molar refractivity (Wildman–Crippen MR) is 123 cm³/mol. The number of fused-ring (bicyclic) bond motifs is 1. The number of carbonyl (C=O) groups excluding carboxylic acids is 1. The lowest BCUT2D eigenvalue weighted by Crippen LogP contribution is -2.43. The van der Waals surface area contributed by atoms with Crippen LogP contribution in [0.5, 0.6) is 5.75 Å². The van der Waals surface area contributed by atoms with Gasteiger partial charge in [-0.1, -0.05) is 31.2 Å². The Labute approximate surface area is 184 Å². The van der Waals surface area contributed by atoms with Gasteiger partial charge >= 0.3 is 0 Å². The van der Waals surface area contributed by atoms with E-state index in [2.05, 4.69) is 52.0 Å². The number of nitrogens with zero attached hydrogens (tertiary/aromatic N) is 3. The van der Waals surface area contributed by atoms with E-state index < -0.39 is 0 Å². The van der Waals surface area contributed by atoms with Gasteiger partial charge in [-0.15, -0.1) is 0 Å². The summed E-state index contributed by atoms with van der Waals surface area (Å²) in [7, 11) is 1.69. The number of methoxy groups -OCH3 is 1. The summed E-state index contributed by atoms with van der Waals surface area (Å²) in [6.07, 6.45) is 2.98. The molecule has 0 aliphatic carbocycles. The number of aromatic nitrogens is 2. The highest BCUT2D eigenvalue weighted by molar-refractivity contribution is 5.79. The number of hydrogen-bond donors (Lipinski definition) is 1. The molecule has 2 aromatic carbocycles. The first-order chi connectivity index (χ1) is 15.2. The first-order valence-corrected chi connectivity index (χ1v) is 11.2. The lowest BCUT2D eigenvalue weighted by Gasteiger charge is -2.31. The van der Waals surface area contributed by atoms with Gasteiger partial charge in [-0.2, -0.15) is 0 Å². The molecule has 1 aliphatic rings. The number of rotatable bonds is 8. The van der Waals surface area contributed by atoms with Crippen LogP contribution in [-0.4, -0.2) is 47.1 Å². The van der Waals surface area contributed by atoms with E-state index in [0.717, 1.165) is 74.6 Å². The van der Waals surface area contributed by atoms with Crippen molar-refractivity contribution in [3.8, 4) is 5.75 Å². The fourth-order valence-corrected chi connectivity index (χ4v) is 4.34. The highest BCUT2D eigenvalue weighted by Crippen LogP contribution is 2.23. The quantitative estimate of drug-likeness (QED) is 0.602. The van der Waals surface area contributed by atoms with Gasteiger partial charge in [0, 0.05) is 19.6 Å². The van der Waals surface area contributed by atoms with Crippen molar-refractivity contribution in [3.63, 3.8) is 0 Å². The first-order valence-electron chi connectivity index (χ1n) is 11.2. The molecule has 6 heteroatoms. The van der Waals surface area contributed by atoms with Gasteiger partial charge in [-0.25, -0.2) is 4.98 Å². The van der Waals surface area contributed by atoms with Gasteiger partial charge < -0.3 is 14.6 Å². The van der Waals surface area contributed by atoms with E-state index in [0.29, 0.717) is 0 Å². The van der Waals surface area contributed by atoms with E-state index in [4.69, 9.17) is 9.72 Å². The zero-order valence-corrected chi connectivity index (χ0v) is 18.5. The topological polar surface area (TPSA) is 59.4 Å². The lowest BCUT2D eigenvalue weighted by atomic mass is 9.97. The number of amides is 1. The van der Waals surface area contributed by atoms with Crippen LogP contribution in [0.3, 0.4) is 0 Å². The Kier molecular flexibility index (Phi) is 6.87. The van der Waals surface area contributed by atoms with E-state index >= 15 is 0 Å². The molecule has 1 aromatic heterocycles. The monoisotopic (exact) mass is 420 g/mol. The van der Waals surface area contributed by atoms with Crippen LogP contribution >= 0.6 is 0 Å². The number of nitrogens with one attached hydrogen (secondary N) is 1. The van der Waals surface area contributed by atoms with E-state index in [9.17, 15) is 4.79 Å². The van der Waals surface area contributed by atoms with Crippen LogP contribution in [0.25, 0.3) is 11.0 Å². The van der Waals surface area contributed by atoms with E-state index in [1.54, 1.807) is 7.11 Å². The molecule has 1 saturated heterocycles. The maximum absolute atomic E-state index is 12.5. The van der Waals surface area contributed by atoms with Crippen molar-refractivity contribution >= 4 is 16.9 Å². The third-order valence-corrected chi connectivity index (χ3v) is 6.02. The molecule has 0 saturated carbocycles. The van der Waals surface area contributed by atoms with Gasteiger partial charge in [-0.3, -0.25) is 9.69 Å². The molecule has 31 heavy (non-hydrogen) atoms. The average molecular weight is 421 g/mol. The molecule has 4 rings (SSSR count). The summed E-state index contributed by atoms with van der Waals surface area (Å²) in [6, 6.07) is 16.5. The Morgan fingerprint density at radius 1 is 1.16 bits per heavy atom. The van der Waals surface area contributed by atoms with Gasteiger partial charge in [0.15, 0.2) is 0 Å². The van der Waals surface area contributed by atoms with Crippen LogP contribution in [0.2, 0.25) is 0 Å². The van der Waals surface area contributed by atoms with Gasteiger partial charge in [-0.05, 0) is 55.6 Å². The summed E-state index contributed by atoms with van der Waals surface area (Å²) in [4.78, 5) is 19.8. The third-order valence-electron chi connectivity index (χ3n) is 6.02. The Hall–Kier alpha value is -2.86. The van der Waals surface area contributed by atoms with Crippen molar-refractivity contribution in [1.82, 2.24) is 19.8 Å². The highest BCUT2D eigenvalue weighted by Gasteiger charge is 2.26. The molecular formula is C25H32N4O2. The van der Waals surface area contributed by atoms with Gasteiger partial charge in [0.05, 0.1) is 30.6 Å². The van der Waals surface area contributed by atoms with Crippen LogP contribution in [0, 0.1) is 5.92 Å². The molecule has 1 amide bonds. The Balaban J connectivity index is 1.54. The zero-order valence-electron chi connectivity index (χ0n) is 18.5. The molecule has 1 aliphatic heterocycles. The van der Waals surface area contributed by atoms with Crippen LogP contribution in [0.1, 0.15) is 37.6 Å². The van der Waals surface area contributed by atoms with Crippen molar-refractivity contribution in [3.05, 3.63) is 59.9 Å². The average Bonchev–Trinajstić information content (AvgIpc) is 3.15. The van der Waals surface area contributed by atoms with Crippen LogP contribution in [0.4, 0.5) is 0 Å². The molecule has 0 spiro atoms. The number of benzene rings is 2. The van der Waals surface area contributed by atoms with Crippen LogP contribution in [-0.2, 0) is 17.9 Å². The van der Waals surface area contributed by atoms with Crippen molar-refractivity contribution in [2.75, 3.05) is 26.7 Å². The second-order valence-electron chi connectivity index (χ2n) is 8.32. The normalized spacial score (nSPS) is 17.0. The highest BCUT2D eigenvalue weighted by atomic mass is 16.5. The molecule has 2 heterocycles. The fourth-order valence-electron chi connectivity index (χ4n) is 4.34. The van der Waals surface area contributed by atoms with Crippen molar-refractivity contribution < 1.29 is 9.53 Å². The Morgan fingerprint density at radius 2 is 1.97 bits per heavy atom. The van der Waals surface area contributed by atoms with E-state index in [-0.39, 0.29) is 11.8 Å². The summed E-state index contributed by atoms with van der Waals surface area (Å²) in [5.74, 6) is 2.17. The van der Waals surface area contributed by atoms with E-state index in [1.165, 1.54) is 5.56 Å². The molecule has 0 unspecified atom stereocenters. The maximum atomic E-state index is 12.5. The molecule has 1 N–H and O–H groups in total. The third kappa shape index (κ3) is 5.07. The number of imidazole rings is 1. The van der Waals surface area contributed by atoms with Gasteiger partial charge in [0.25, 0.3) is 0 Å². The van der Waals surface area contributed by atoms with Crippen molar-refractivity contribution in [2.45, 2.75) is 39.3 Å². The van der Waals surface area contributed by atoms with E-state index in [1.807, 2.05) is 18.2 Å². The molecule has 3 aromatic rings. The minimum atomic E-state index is 0.0692. The van der Waals surface area contributed by atoms with Crippen molar-refractivity contribution in [2.24, 2.45) is 5.92 Å². The van der Waals surface area contributed by atoms with Crippen molar-refractivity contribution in [1.29, 1.82) is 0 Å². The standard InChI is InChI=1S/C25H32N4O2/c1-3-14-26-25(30)20-7-6-15-28(17-20)18-24-27-22-8-4-5-9-23(22)29(24)16-19-10-12-21(31-2)13-11-19/h4-5,8-13,20H,3,6-7,14-18H2,1-2H3,(H,26,30)/t20-/m1/s1. The largest absolute Gasteiger partial charge is 0.497 e. The molecule has 1 fully saturated rings. The number of likely N-dealkylation sites (tertiary alicyclic amines) is 1. The summed E-state index contributed by atoms with van der Waals surface area (Å²) in [5.41, 5.74) is 3.36. The Bertz CT molecular complexity index is 1010. The van der Waals surface area contributed by atoms with Gasteiger partial charge in [0.2, 0.25) is 5.91 Å². The summed E-state index contributed by atoms with van der Waals surface area (Å²) in [6.45, 7) is 6.15. The molecule has 0 bridgehead atoms. The minimum Gasteiger partial charge on any atom is -0.497 e. The first kappa shape index (κ1) is 21.4. The van der Waals surface area contributed by atoms with Gasteiger partial charge in [0.1, 0.15) is 11.6 Å². The van der Waals surface area contributed by atoms with Crippen LogP contribution < -0.4 is 10.1 Å². The zero-order chi connectivity index (χ0) is 21.6. The SMILES string of the molecule is CCCNC(=O)[C@@H]1CCCN(Cc2nc3ccccc3n2Cc2ccc(OC)cc2)C1. The molecular weight excluding hydrogens is 388 g/mol. The Morgan fingerprint density at radius 3 is 2.74 bits per heavy atom. The summed E-state index contributed by atoms with van der Waals surface area (Å²) < 4.78 is 7.60. The molecule has 0 radical (unpaired) electrons. The molecule has 164 valence electrons. The number of hydrogen-bond acceptors (Lipinski definition) is 4. The number of carbonyl (C=O) groups is 1. The molecule has 6 nitrogen and oxygen atoms in total. The summed E-state index contributed by atoms with van der Waals surface area (Å²) in [5, 5.41) is 3.06. The second kappa shape index (κ2) is 9.96. The van der Waals surface area contributed by atoms with Crippen LogP contribution in [0.15, 0.2) is 48.5 Å². The predicted octanol–water partition coefficient (Wildman–Crippen LogP) is 3.83. The number of ether oxygens (including phenoxy) is 1. The second-order valence-corrected chi connectivity index (χ2v) is 8.32. The maximum Gasteiger partial charge on any atom is 0.224 e. The summed E-state index contributed by atoms with van der Waals surface area (Å²) >= 11 is 0. The smallest absolute Gasteiger partial charge is 0.224 e. The number of piperidine rings is 1. The fraction of sp³-hybridized carbons (Fsp3) is 0.440. The molecule has 1 atom stereocenters. The number of para-hydroxylation sites is 2. The minimum absolute atomic E-state index is 0.0692.